The molecule has 1 unspecified atom stereocenters. The molecule has 23 heavy (non-hydrogen) atoms. The molecule has 0 saturated heterocycles. The van der Waals surface area contributed by atoms with Crippen molar-refractivity contribution in [2.24, 2.45) is 5.92 Å². The van der Waals surface area contributed by atoms with Crippen molar-refractivity contribution >= 4 is 5.91 Å². The minimum Gasteiger partial charge on any atom is -0.457 e. The number of hydrogen-bond donors (Lipinski definition) is 2. The predicted molar refractivity (Wildman–Crippen MR) is 92.6 cm³/mol. The van der Waals surface area contributed by atoms with Gasteiger partial charge in [-0.05, 0) is 37.7 Å². The Balaban J connectivity index is 2.08. The van der Waals surface area contributed by atoms with Crippen molar-refractivity contribution in [1.29, 1.82) is 0 Å². The summed E-state index contributed by atoms with van der Waals surface area (Å²) in [6, 6.07) is 15.7. The SMILES string of the molecule is CNCC(C)C(=O)NCc1ccc(C)cc1Oc1ccccc1. The van der Waals surface area contributed by atoms with Crippen LogP contribution in [0.4, 0.5) is 0 Å². The molecular weight excluding hydrogens is 288 g/mol. The average molecular weight is 312 g/mol. The van der Waals surface area contributed by atoms with Gasteiger partial charge in [0.25, 0.3) is 0 Å². The molecule has 122 valence electrons. The maximum absolute atomic E-state index is 12.1. The van der Waals surface area contributed by atoms with Crippen LogP contribution in [0.15, 0.2) is 48.5 Å². The van der Waals surface area contributed by atoms with Gasteiger partial charge in [-0.1, -0.05) is 37.3 Å². The Morgan fingerprint density at radius 2 is 1.91 bits per heavy atom. The van der Waals surface area contributed by atoms with E-state index in [1.165, 1.54) is 0 Å². The molecule has 1 amide bonds. The van der Waals surface area contributed by atoms with Gasteiger partial charge in [0, 0.05) is 24.6 Å². The molecule has 2 rings (SSSR count). The fourth-order valence-corrected chi connectivity index (χ4v) is 2.27. The topological polar surface area (TPSA) is 50.4 Å². The maximum Gasteiger partial charge on any atom is 0.224 e. The van der Waals surface area contributed by atoms with Gasteiger partial charge in [-0.2, -0.15) is 0 Å². The van der Waals surface area contributed by atoms with Gasteiger partial charge in [-0.25, -0.2) is 0 Å². The monoisotopic (exact) mass is 312 g/mol. The van der Waals surface area contributed by atoms with Crippen molar-refractivity contribution in [2.45, 2.75) is 20.4 Å². The molecule has 0 aliphatic rings. The molecule has 2 aromatic rings. The number of benzene rings is 2. The predicted octanol–water partition coefficient (Wildman–Crippen LogP) is 3.26. The summed E-state index contributed by atoms with van der Waals surface area (Å²) < 4.78 is 5.97. The van der Waals surface area contributed by atoms with E-state index in [-0.39, 0.29) is 11.8 Å². The number of para-hydroxylation sites is 1. The van der Waals surface area contributed by atoms with E-state index < -0.39 is 0 Å². The van der Waals surface area contributed by atoms with Crippen LogP contribution in [-0.4, -0.2) is 19.5 Å². The Labute approximate surface area is 137 Å². The Morgan fingerprint density at radius 1 is 1.17 bits per heavy atom. The van der Waals surface area contributed by atoms with E-state index in [1.807, 2.05) is 69.4 Å². The van der Waals surface area contributed by atoms with E-state index in [4.69, 9.17) is 4.74 Å². The van der Waals surface area contributed by atoms with Gasteiger partial charge >= 0.3 is 0 Å². The lowest BCUT2D eigenvalue weighted by molar-refractivity contribution is -0.124. The molecular formula is C19H24N2O2. The standard InChI is InChI=1S/C19H24N2O2/c1-14-9-10-16(13-21-19(22)15(2)12-20-3)18(11-14)23-17-7-5-4-6-8-17/h4-11,15,20H,12-13H2,1-3H3,(H,21,22). The highest BCUT2D eigenvalue weighted by atomic mass is 16.5. The molecule has 0 fully saturated rings. The van der Waals surface area contributed by atoms with Crippen molar-refractivity contribution in [1.82, 2.24) is 10.6 Å². The first-order valence-corrected chi connectivity index (χ1v) is 7.85. The number of hydrogen-bond acceptors (Lipinski definition) is 3. The zero-order valence-electron chi connectivity index (χ0n) is 13.9. The summed E-state index contributed by atoms with van der Waals surface area (Å²) in [6.07, 6.45) is 0. The highest BCUT2D eigenvalue weighted by molar-refractivity contribution is 5.78. The third-order valence-electron chi connectivity index (χ3n) is 3.60. The van der Waals surface area contributed by atoms with Gasteiger partial charge in [-0.3, -0.25) is 4.79 Å². The first kappa shape index (κ1) is 17.0. The highest BCUT2D eigenvalue weighted by Crippen LogP contribution is 2.26. The van der Waals surface area contributed by atoms with Crippen LogP contribution in [0.2, 0.25) is 0 Å². The van der Waals surface area contributed by atoms with Gasteiger partial charge in [0.2, 0.25) is 5.91 Å². The Bertz CT molecular complexity index is 641. The van der Waals surface area contributed by atoms with Crippen LogP contribution in [0.3, 0.4) is 0 Å². The molecule has 0 saturated carbocycles. The summed E-state index contributed by atoms with van der Waals surface area (Å²) in [5.41, 5.74) is 2.08. The number of amides is 1. The lowest BCUT2D eigenvalue weighted by atomic mass is 10.1. The van der Waals surface area contributed by atoms with E-state index in [2.05, 4.69) is 10.6 Å². The van der Waals surface area contributed by atoms with E-state index in [9.17, 15) is 4.79 Å². The number of nitrogens with one attached hydrogen (secondary N) is 2. The van der Waals surface area contributed by atoms with Gasteiger partial charge in [0.15, 0.2) is 0 Å². The largest absolute Gasteiger partial charge is 0.457 e. The molecule has 0 aliphatic carbocycles. The summed E-state index contributed by atoms with van der Waals surface area (Å²) in [5, 5.41) is 5.98. The summed E-state index contributed by atoms with van der Waals surface area (Å²) >= 11 is 0. The second-order valence-corrected chi connectivity index (χ2v) is 5.70. The van der Waals surface area contributed by atoms with Gasteiger partial charge in [-0.15, -0.1) is 0 Å². The fourth-order valence-electron chi connectivity index (χ4n) is 2.27. The first-order chi connectivity index (χ1) is 11.1. The molecule has 1 atom stereocenters. The average Bonchev–Trinajstić information content (AvgIpc) is 2.55. The summed E-state index contributed by atoms with van der Waals surface area (Å²) in [4.78, 5) is 12.1. The molecule has 0 heterocycles. The zero-order chi connectivity index (χ0) is 16.7. The summed E-state index contributed by atoms with van der Waals surface area (Å²) in [7, 11) is 1.84. The molecule has 4 nitrogen and oxygen atoms in total. The van der Waals surface area contributed by atoms with Crippen LogP contribution in [0.25, 0.3) is 0 Å². The van der Waals surface area contributed by atoms with E-state index >= 15 is 0 Å². The number of rotatable bonds is 7. The number of carbonyl (C=O) groups is 1. The van der Waals surface area contributed by atoms with Gasteiger partial charge in [0.1, 0.15) is 11.5 Å². The first-order valence-electron chi connectivity index (χ1n) is 7.85. The second-order valence-electron chi connectivity index (χ2n) is 5.70. The van der Waals surface area contributed by atoms with Crippen LogP contribution >= 0.6 is 0 Å². The summed E-state index contributed by atoms with van der Waals surface area (Å²) in [6.45, 7) is 5.04. The lowest BCUT2D eigenvalue weighted by Gasteiger charge is -2.15. The Kier molecular flexibility index (Phi) is 6.18. The third kappa shape index (κ3) is 5.11. The molecule has 2 aromatic carbocycles. The molecule has 0 spiro atoms. The molecule has 2 N–H and O–H groups in total. The molecule has 4 heteroatoms. The molecule has 0 bridgehead atoms. The molecule has 0 aromatic heterocycles. The van der Waals surface area contributed by atoms with Gasteiger partial charge < -0.3 is 15.4 Å². The molecule has 0 radical (unpaired) electrons. The third-order valence-corrected chi connectivity index (χ3v) is 3.60. The second kappa shape index (κ2) is 8.34. The summed E-state index contributed by atoms with van der Waals surface area (Å²) in [5.74, 6) is 1.53. The van der Waals surface area contributed by atoms with E-state index in [0.717, 1.165) is 22.6 Å². The quantitative estimate of drug-likeness (QED) is 0.825. The van der Waals surface area contributed by atoms with Crippen molar-refractivity contribution < 1.29 is 9.53 Å². The van der Waals surface area contributed by atoms with E-state index in [1.54, 1.807) is 0 Å². The zero-order valence-corrected chi connectivity index (χ0v) is 13.9. The van der Waals surface area contributed by atoms with Crippen LogP contribution in [0.1, 0.15) is 18.1 Å². The smallest absolute Gasteiger partial charge is 0.224 e. The molecule has 0 aliphatic heterocycles. The van der Waals surface area contributed by atoms with Crippen molar-refractivity contribution in [3.05, 3.63) is 59.7 Å². The van der Waals surface area contributed by atoms with Crippen LogP contribution in [-0.2, 0) is 11.3 Å². The fraction of sp³-hybridized carbons (Fsp3) is 0.316. The Morgan fingerprint density at radius 3 is 2.61 bits per heavy atom. The van der Waals surface area contributed by atoms with E-state index in [0.29, 0.717) is 13.1 Å². The van der Waals surface area contributed by atoms with Crippen LogP contribution < -0.4 is 15.4 Å². The van der Waals surface area contributed by atoms with Crippen LogP contribution in [0, 0.1) is 12.8 Å². The van der Waals surface area contributed by atoms with Crippen molar-refractivity contribution in [3.63, 3.8) is 0 Å². The van der Waals surface area contributed by atoms with Crippen molar-refractivity contribution in [2.75, 3.05) is 13.6 Å². The number of aryl methyl sites for hydroxylation is 1. The lowest BCUT2D eigenvalue weighted by Crippen LogP contribution is -2.33. The van der Waals surface area contributed by atoms with Crippen molar-refractivity contribution in [3.8, 4) is 11.5 Å². The highest BCUT2D eigenvalue weighted by Gasteiger charge is 2.13. The minimum absolute atomic E-state index is 0.0330. The number of carbonyl (C=O) groups excluding carboxylic acids is 1. The number of ether oxygens (including phenoxy) is 1. The van der Waals surface area contributed by atoms with Gasteiger partial charge in [0.05, 0.1) is 0 Å². The van der Waals surface area contributed by atoms with Crippen LogP contribution in [0.5, 0.6) is 11.5 Å². The normalized spacial score (nSPS) is 11.8. The Hall–Kier alpha value is -2.33. The maximum atomic E-state index is 12.1. The minimum atomic E-state index is -0.0658.